The Kier molecular flexibility index (Phi) is 8.97. The second-order valence-corrected chi connectivity index (χ2v) is 11.3. The number of ether oxygens (including phenoxy) is 2. The number of rotatable bonds is 10. The van der Waals surface area contributed by atoms with Crippen molar-refractivity contribution >= 4 is 16.0 Å². The number of nitrogens with two attached hydrogens (primary N) is 1. The number of esters is 1. The van der Waals surface area contributed by atoms with E-state index in [2.05, 4.69) is 0 Å². The van der Waals surface area contributed by atoms with Gasteiger partial charge in [0.05, 0.1) is 12.0 Å². The van der Waals surface area contributed by atoms with Crippen molar-refractivity contribution in [3.05, 3.63) is 96.1 Å². The molecule has 1 aliphatic rings. The lowest BCUT2D eigenvalue weighted by Crippen LogP contribution is -2.50. The van der Waals surface area contributed by atoms with Crippen molar-refractivity contribution in [3.63, 3.8) is 0 Å². The highest BCUT2D eigenvalue weighted by Crippen LogP contribution is 2.34. The van der Waals surface area contributed by atoms with Crippen LogP contribution in [0.1, 0.15) is 36.8 Å². The molecule has 1 aliphatic carbocycles. The van der Waals surface area contributed by atoms with E-state index in [4.69, 9.17) is 15.2 Å². The monoisotopic (exact) mass is 522 g/mol. The molecule has 0 radical (unpaired) electrons. The molecule has 2 N–H and O–H groups in total. The van der Waals surface area contributed by atoms with Crippen LogP contribution in [-0.2, 0) is 32.7 Å². The van der Waals surface area contributed by atoms with Crippen LogP contribution in [0.15, 0.2) is 89.8 Å². The Balaban J connectivity index is 1.72. The molecule has 1 saturated carbocycles. The topological polar surface area (TPSA) is 98.9 Å². The first kappa shape index (κ1) is 26.9. The molecule has 1 fully saturated rings. The predicted molar refractivity (Wildman–Crippen MR) is 142 cm³/mol. The number of benzene rings is 3. The number of hydrogen-bond acceptors (Lipinski definition) is 6. The van der Waals surface area contributed by atoms with Crippen molar-refractivity contribution < 1.29 is 22.7 Å². The minimum atomic E-state index is -4.07. The SMILES string of the molecule is COc1ccc(S(=O)(=O)N(Cc2ccccc2)[C@@H](C(=O)OCc2ccccc2)C2CCC(N)CC2)cc1. The summed E-state index contributed by atoms with van der Waals surface area (Å²) in [5.74, 6) is -0.203. The van der Waals surface area contributed by atoms with Gasteiger partial charge in [0.1, 0.15) is 18.4 Å². The Morgan fingerprint density at radius 3 is 2.03 bits per heavy atom. The molecular formula is C29H34N2O5S. The third kappa shape index (κ3) is 6.77. The fraction of sp³-hybridized carbons (Fsp3) is 0.345. The fourth-order valence-electron chi connectivity index (χ4n) is 4.80. The maximum Gasteiger partial charge on any atom is 0.325 e. The average molecular weight is 523 g/mol. The Morgan fingerprint density at radius 2 is 1.46 bits per heavy atom. The summed E-state index contributed by atoms with van der Waals surface area (Å²) in [6.07, 6.45) is 2.76. The molecule has 4 rings (SSSR count). The van der Waals surface area contributed by atoms with Gasteiger partial charge in [0.25, 0.3) is 0 Å². The summed E-state index contributed by atoms with van der Waals surface area (Å²) in [6, 6.07) is 24.0. The lowest BCUT2D eigenvalue weighted by Gasteiger charge is -2.37. The number of hydrogen-bond donors (Lipinski definition) is 1. The molecule has 0 heterocycles. The molecule has 0 unspecified atom stereocenters. The van der Waals surface area contributed by atoms with Crippen LogP contribution in [0, 0.1) is 5.92 Å². The van der Waals surface area contributed by atoms with Gasteiger partial charge in [-0.1, -0.05) is 60.7 Å². The van der Waals surface area contributed by atoms with Gasteiger partial charge in [-0.3, -0.25) is 4.79 Å². The first-order valence-electron chi connectivity index (χ1n) is 12.5. The number of nitrogens with zero attached hydrogens (tertiary/aromatic N) is 1. The minimum absolute atomic E-state index is 0.0445. The Labute approximate surface area is 219 Å². The fourth-order valence-corrected chi connectivity index (χ4v) is 6.43. The van der Waals surface area contributed by atoms with Crippen LogP contribution >= 0.6 is 0 Å². The van der Waals surface area contributed by atoms with Crippen LogP contribution in [-0.4, -0.2) is 37.9 Å². The molecule has 0 amide bonds. The van der Waals surface area contributed by atoms with Crippen molar-refractivity contribution in [3.8, 4) is 5.75 Å². The van der Waals surface area contributed by atoms with E-state index >= 15 is 0 Å². The maximum absolute atomic E-state index is 14.1. The second kappa shape index (κ2) is 12.4. The van der Waals surface area contributed by atoms with E-state index in [1.54, 1.807) is 12.1 Å². The molecule has 0 bridgehead atoms. The van der Waals surface area contributed by atoms with E-state index in [0.717, 1.165) is 24.0 Å². The largest absolute Gasteiger partial charge is 0.497 e. The highest BCUT2D eigenvalue weighted by molar-refractivity contribution is 7.89. The van der Waals surface area contributed by atoms with E-state index in [9.17, 15) is 13.2 Å². The van der Waals surface area contributed by atoms with E-state index in [-0.39, 0.29) is 30.0 Å². The highest BCUT2D eigenvalue weighted by Gasteiger charge is 2.43. The quantitative estimate of drug-likeness (QED) is 0.393. The summed E-state index contributed by atoms with van der Waals surface area (Å²) in [4.78, 5) is 13.8. The van der Waals surface area contributed by atoms with Crippen molar-refractivity contribution in [1.82, 2.24) is 4.31 Å². The summed E-state index contributed by atoms with van der Waals surface area (Å²) in [5, 5.41) is 0. The molecule has 0 spiro atoms. The zero-order valence-electron chi connectivity index (χ0n) is 21.0. The van der Waals surface area contributed by atoms with Gasteiger partial charge in [-0.05, 0) is 67.0 Å². The molecular weight excluding hydrogens is 488 g/mol. The third-order valence-corrected chi connectivity index (χ3v) is 8.73. The van der Waals surface area contributed by atoms with E-state index < -0.39 is 22.0 Å². The highest BCUT2D eigenvalue weighted by atomic mass is 32.2. The zero-order chi connectivity index (χ0) is 26.3. The van der Waals surface area contributed by atoms with Crippen molar-refractivity contribution in [2.24, 2.45) is 11.7 Å². The summed E-state index contributed by atoms with van der Waals surface area (Å²) in [7, 11) is -2.54. The van der Waals surface area contributed by atoms with Gasteiger partial charge in [0, 0.05) is 12.6 Å². The van der Waals surface area contributed by atoms with Crippen molar-refractivity contribution in [2.75, 3.05) is 7.11 Å². The first-order valence-corrected chi connectivity index (χ1v) is 14.0. The lowest BCUT2D eigenvalue weighted by atomic mass is 9.81. The van der Waals surface area contributed by atoms with Gasteiger partial charge in [-0.15, -0.1) is 0 Å². The van der Waals surface area contributed by atoms with Crippen LogP contribution < -0.4 is 10.5 Å². The number of sulfonamides is 1. The molecule has 1 atom stereocenters. The van der Waals surface area contributed by atoms with E-state index in [0.29, 0.717) is 18.6 Å². The molecule has 3 aromatic rings. The number of carbonyl (C=O) groups is 1. The van der Waals surface area contributed by atoms with Gasteiger partial charge in [-0.2, -0.15) is 4.31 Å². The average Bonchev–Trinajstić information content (AvgIpc) is 2.93. The van der Waals surface area contributed by atoms with Crippen molar-refractivity contribution in [1.29, 1.82) is 0 Å². The van der Waals surface area contributed by atoms with Crippen LogP contribution in [0.2, 0.25) is 0 Å². The number of methoxy groups -OCH3 is 1. The lowest BCUT2D eigenvalue weighted by molar-refractivity contribution is -0.152. The Hall–Kier alpha value is -3.20. The molecule has 0 saturated heterocycles. The summed E-state index contributed by atoms with van der Waals surface area (Å²) < 4.78 is 40.5. The molecule has 0 aliphatic heterocycles. The second-order valence-electron chi connectivity index (χ2n) is 9.42. The van der Waals surface area contributed by atoms with Gasteiger partial charge < -0.3 is 15.2 Å². The van der Waals surface area contributed by atoms with Gasteiger partial charge in [-0.25, -0.2) is 8.42 Å². The van der Waals surface area contributed by atoms with Crippen LogP contribution in [0.4, 0.5) is 0 Å². The molecule has 37 heavy (non-hydrogen) atoms. The van der Waals surface area contributed by atoms with Gasteiger partial charge in [0.2, 0.25) is 10.0 Å². The Morgan fingerprint density at radius 1 is 0.892 bits per heavy atom. The molecule has 8 heteroatoms. The maximum atomic E-state index is 14.1. The number of carbonyl (C=O) groups excluding carboxylic acids is 1. The molecule has 0 aromatic heterocycles. The van der Waals surface area contributed by atoms with Gasteiger partial charge >= 0.3 is 5.97 Å². The predicted octanol–water partition coefficient (Wildman–Crippen LogP) is 4.52. The van der Waals surface area contributed by atoms with Crippen LogP contribution in [0.3, 0.4) is 0 Å². The third-order valence-electron chi connectivity index (χ3n) is 6.89. The van der Waals surface area contributed by atoms with Crippen LogP contribution in [0.5, 0.6) is 5.75 Å². The normalized spacial score (nSPS) is 18.8. The standard InChI is InChI=1S/C29H34N2O5S/c1-35-26-16-18-27(19-17-26)37(33,34)31(20-22-8-4-2-5-9-22)28(24-12-14-25(30)15-13-24)29(32)36-21-23-10-6-3-7-11-23/h2-11,16-19,24-25,28H,12-15,20-21,30H2,1H3/t24?,25?,28-/m1/s1. The molecule has 3 aromatic carbocycles. The summed E-state index contributed by atoms with van der Waals surface area (Å²) >= 11 is 0. The Bertz CT molecular complexity index is 1240. The zero-order valence-corrected chi connectivity index (χ0v) is 21.8. The van der Waals surface area contributed by atoms with E-state index in [1.165, 1.54) is 23.5 Å². The minimum Gasteiger partial charge on any atom is -0.497 e. The van der Waals surface area contributed by atoms with E-state index in [1.807, 2.05) is 60.7 Å². The van der Waals surface area contributed by atoms with Crippen molar-refractivity contribution in [2.45, 2.75) is 55.8 Å². The van der Waals surface area contributed by atoms with Crippen LogP contribution in [0.25, 0.3) is 0 Å². The molecule has 196 valence electrons. The smallest absolute Gasteiger partial charge is 0.325 e. The molecule has 7 nitrogen and oxygen atoms in total. The van der Waals surface area contributed by atoms with Gasteiger partial charge in [0.15, 0.2) is 0 Å². The summed E-state index contributed by atoms with van der Waals surface area (Å²) in [5.41, 5.74) is 7.78. The summed E-state index contributed by atoms with van der Waals surface area (Å²) in [6.45, 7) is 0.118. The first-order chi connectivity index (χ1) is 17.9.